The van der Waals surface area contributed by atoms with Crippen LogP contribution in [0.2, 0.25) is 0 Å². The Kier molecular flexibility index (Phi) is 6.91. The van der Waals surface area contributed by atoms with Gasteiger partial charge in [-0.05, 0) is 37.5 Å². The second-order valence-corrected chi connectivity index (χ2v) is 7.91. The van der Waals surface area contributed by atoms with Gasteiger partial charge in [0.2, 0.25) is 0 Å². The van der Waals surface area contributed by atoms with Crippen molar-refractivity contribution in [2.24, 2.45) is 0 Å². The third-order valence-corrected chi connectivity index (χ3v) is 5.36. The number of carbonyl (C=O) groups excluding carboxylic acids is 2. The molecule has 1 aliphatic rings. The van der Waals surface area contributed by atoms with Crippen molar-refractivity contribution in [1.82, 2.24) is 20.4 Å². The van der Waals surface area contributed by atoms with E-state index < -0.39 is 0 Å². The predicted octanol–water partition coefficient (Wildman–Crippen LogP) is 3.13. The monoisotopic (exact) mass is 434 g/mol. The first-order valence-electron chi connectivity index (χ1n) is 10.7. The third-order valence-electron chi connectivity index (χ3n) is 5.36. The van der Waals surface area contributed by atoms with Crippen molar-refractivity contribution in [2.45, 2.75) is 39.0 Å². The van der Waals surface area contributed by atoms with Crippen LogP contribution in [0.4, 0.5) is 0 Å². The maximum absolute atomic E-state index is 13.0. The highest BCUT2D eigenvalue weighted by Crippen LogP contribution is 2.18. The van der Waals surface area contributed by atoms with Crippen LogP contribution in [0.1, 0.15) is 50.6 Å². The van der Waals surface area contributed by atoms with E-state index in [9.17, 15) is 9.59 Å². The summed E-state index contributed by atoms with van der Waals surface area (Å²) in [7, 11) is 0. The zero-order valence-corrected chi connectivity index (χ0v) is 18.0. The average Bonchev–Trinajstić information content (AvgIpc) is 3.50. The molecule has 32 heavy (non-hydrogen) atoms. The van der Waals surface area contributed by atoms with E-state index in [1.165, 1.54) is 6.20 Å². The molecule has 1 aromatic carbocycles. The Morgan fingerprint density at radius 2 is 2.06 bits per heavy atom. The van der Waals surface area contributed by atoms with E-state index in [-0.39, 0.29) is 30.2 Å². The summed E-state index contributed by atoms with van der Waals surface area (Å²) in [5, 5.41) is 6.73. The summed E-state index contributed by atoms with van der Waals surface area (Å²) in [4.78, 5) is 31.2. The highest BCUT2D eigenvalue weighted by Gasteiger charge is 2.25. The Balaban J connectivity index is 1.41. The highest BCUT2D eigenvalue weighted by molar-refractivity contribution is 5.94. The normalized spacial score (nSPS) is 15.5. The number of nitrogens with one attached hydrogen (secondary N) is 1. The Labute approximate surface area is 186 Å². The summed E-state index contributed by atoms with van der Waals surface area (Å²) >= 11 is 0. The van der Waals surface area contributed by atoms with Crippen LogP contribution in [-0.4, -0.2) is 46.1 Å². The molecule has 1 fully saturated rings. The largest absolute Gasteiger partial charge is 0.376 e. The second kappa shape index (κ2) is 10.2. The smallest absolute Gasteiger partial charge is 0.273 e. The molecule has 1 atom stereocenters. The number of hydrogen-bond acceptors (Lipinski definition) is 6. The minimum absolute atomic E-state index is 0.0178. The first-order chi connectivity index (χ1) is 15.6. The van der Waals surface area contributed by atoms with Gasteiger partial charge in [0, 0.05) is 38.2 Å². The molecule has 0 radical (unpaired) electrons. The molecule has 2 amide bonds. The van der Waals surface area contributed by atoms with Gasteiger partial charge < -0.3 is 19.5 Å². The summed E-state index contributed by atoms with van der Waals surface area (Å²) in [6.45, 7) is 3.73. The lowest BCUT2D eigenvalue weighted by molar-refractivity contribution is 0.0486. The predicted molar refractivity (Wildman–Crippen MR) is 117 cm³/mol. The van der Waals surface area contributed by atoms with Crippen molar-refractivity contribution in [3.8, 4) is 0 Å². The van der Waals surface area contributed by atoms with Crippen molar-refractivity contribution in [2.75, 3.05) is 13.2 Å². The zero-order valence-electron chi connectivity index (χ0n) is 18.0. The highest BCUT2D eigenvalue weighted by atomic mass is 16.5. The number of nitrogens with zero attached hydrogens (tertiary/aromatic N) is 3. The summed E-state index contributed by atoms with van der Waals surface area (Å²) in [5.41, 5.74) is 2.83. The molecule has 0 bridgehead atoms. The number of aromatic nitrogens is 2. The molecule has 8 nitrogen and oxygen atoms in total. The first-order valence-corrected chi connectivity index (χ1v) is 10.7. The first kappa shape index (κ1) is 21.7. The van der Waals surface area contributed by atoms with Gasteiger partial charge in [-0.3, -0.25) is 14.6 Å². The number of hydrogen-bond donors (Lipinski definition) is 1. The van der Waals surface area contributed by atoms with Crippen molar-refractivity contribution in [3.63, 3.8) is 0 Å². The Morgan fingerprint density at radius 3 is 2.78 bits per heavy atom. The number of rotatable bonds is 8. The molecule has 1 saturated heterocycles. The Hall–Kier alpha value is -3.52. The lowest BCUT2D eigenvalue weighted by Crippen LogP contribution is -2.36. The number of amides is 2. The van der Waals surface area contributed by atoms with Crippen LogP contribution in [0.3, 0.4) is 0 Å². The van der Waals surface area contributed by atoms with Crippen LogP contribution < -0.4 is 5.32 Å². The molecule has 1 N–H and O–H groups in total. The Bertz CT molecular complexity index is 1040. The van der Waals surface area contributed by atoms with Gasteiger partial charge in [0.1, 0.15) is 0 Å². The quantitative estimate of drug-likeness (QED) is 0.585. The number of aryl methyl sites for hydroxylation is 1. The molecule has 0 saturated carbocycles. The molecule has 0 spiro atoms. The number of pyridine rings is 1. The summed E-state index contributed by atoms with van der Waals surface area (Å²) in [6.07, 6.45) is 5.03. The fourth-order valence-electron chi connectivity index (χ4n) is 3.59. The third kappa shape index (κ3) is 5.59. The van der Waals surface area contributed by atoms with E-state index in [0.29, 0.717) is 31.0 Å². The summed E-state index contributed by atoms with van der Waals surface area (Å²) in [6, 6.07) is 13.0. The fourth-order valence-corrected chi connectivity index (χ4v) is 3.59. The van der Waals surface area contributed by atoms with Gasteiger partial charge in [-0.2, -0.15) is 0 Å². The Morgan fingerprint density at radius 1 is 1.22 bits per heavy atom. The maximum atomic E-state index is 13.0. The van der Waals surface area contributed by atoms with E-state index in [1.807, 2.05) is 31.2 Å². The summed E-state index contributed by atoms with van der Waals surface area (Å²) < 4.78 is 11.1. The van der Waals surface area contributed by atoms with E-state index >= 15 is 0 Å². The molecule has 4 rings (SSSR count). The molecule has 8 heteroatoms. The number of ether oxygens (including phenoxy) is 1. The summed E-state index contributed by atoms with van der Waals surface area (Å²) in [5.74, 6) is -0.0686. The maximum Gasteiger partial charge on any atom is 0.273 e. The minimum atomic E-state index is -0.329. The topological polar surface area (TPSA) is 97.6 Å². The standard InChI is InChI=1S/C24H26N4O4/c1-17-6-8-18(9-7-17)13-26-23(29)22-12-21(32-27-22)16-28(15-20-5-3-11-31-20)24(30)19-4-2-10-25-14-19/h2,4,6-10,12,14,20H,3,5,11,13,15-16H2,1H3,(H,26,29). The van der Waals surface area contributed by atoms with Gasteiger partial charge in [0.05, 0.1) is 18.2 Å². The van der Waals surface area contributed by atoms with Gasteiger partial charge in [-0.15, -0.1) is 0 Å². The molecule has 2 aromatic heterocycles. The van der Waals surface area contributed by atoms with Gasteiger partial charge in [0.25, 0.3) is 11.8 Å². The van der Waals surface area contributed by atoms with Crippen LogP contribution in [0, 0.1) is 6.92 Å². The van der Waals surface area contributed by atoms with E-state index in [0.717, 1.165) is 24.0 Å². The average molecular weight is 434 g/mol. The molecular formula is C24H26N4O4. The van der Waals surface area contributed by atoms with Crippen molar-refractivity contribution < 1.29 is 18.8 Å². The molecule has 166 valence electrons. The van der Waals surface area contributed by atoms with Crippen LogP contribution >= 0.6 is 0 Å². The van der Waals surface area contributed by atoms with Crippen LogP contribution in [0.5, 0.6) is 0 Å². The van der Waals surface area contributed by atoms with E-state index in [2.05, 4.69) is 15.5 Å². The van der Waals surface area contributed by atoms with Gasteiger partial charge in [0.15, 0.2) is 11.5 Å². The number of carbonyl (C=O) groups is 2. The molecule has 1 unspecified atom stereocenters. The van der Waals surface area contributed by atoms with Crippen molar-refractivity contribution >= 4 is 11.8 Å². The van der Waals surface area contributed by atoms with Crippen LogP contribution in [0.15, 0.2) is 59.4 Å². The minimum Gasteiger partial charge on any atom is -0.376 e. The molecular weight excluding hydrogens is 408 g/mol. The van der Waals surface area contributed by atoms with Gasteiger partial charge in [-0.1, -0.05) is 35.0 Å². The van der Waals surface area contributed by atoms with Crippen LogP contribution in [0.25, 0.3) is 0 Å². The van der Waals surface area contributed by atoms with Gasteiger partial charge >= 0.3 is 0 Å². The van der Waals surface area contributed by atoms with Crippen molar-refractivity contribution in [1.29, 1.82) is 0 Å². The fraction of sp³-hybridized carbons (Fsp3) is 0.333. The molecule has 1 aliphatic heterocycles. The van der Waals surface area contributed by atoms with Crippen molar-refractivity contribution in [3.05, 3.63) is 83.0 Å². The van der Waals surface area contributed by atoms with Crippen LogP contribution in [-0.2, 0) is 17.8 Å². The number of benzene rings is 1. The molecule has 3 aromatic rings. The molecule has 0 aliphatic carbocycles. The van der Waals surface area contributed by atoms with E-state index in [1.54, 1.807) is 29.3 Å². The lowest BCUT2D eigenvalue weighted by atomic mass is 10.1. The van der Waals surface area contributed by atoms with E-state index in [4.69, 9.17) is 9.26 Å². The van der Waals surface area contributed by atoms with Gasteiger partial charge in [-0.25, -0.2) is 0 Å². The molecule has 3 heterocycles. The lowest BCUT2D eigenvalue weighted by Gasteiger charge is -2.24. The zero-order chi connectivity index (χ0) is 22.3. The second-order valence-electron chi connectivity index (χ2n) is 7.91. The SMILES string of the molecule is Cc1ccc(CNC(=O)c2cc(CN(CC3CCCO3)C(=O)c3cccnc3)on2)cc1.